The van der Waals surface area contributed by atoms with Crippen molar-refractivity contribution in [1.29, 1.82) is 0 Å². The van der Waals surface area contributed by atoms with Gasteiger partial charge in [0, 0.05) is 5.56 Å². The maximum Gasteiger partial charge on any atom is 0.494 e. The van der Waals surface area contributed by atoms with Gasteiger partial charge < -0.3 is 15.0 Å². The first-order chi connectivity index (χ1) is 9.21. The Kier molecular flexibility index (Phi) is 3.64. The molecule has 1 aliphatic heterocycles. The van der Waals surface area contributed by atoms with Crippen molar-refractivity contribution in [2.45, 2.75) is 38.9 Å². The van der Waals surface area contributed by atoms with Gasteiger partial charge in [-0.3, -0.25) is 4.79 Å². The second kappa shape index (κ2) is 4.97. The molecule has 0 saturated carbocycles. The molecule has 1 aromatic rings. The van der Waals surface area contributed by atoms with Gasteiger partial charge in [0.15, 0.2) is 0 Å². The molecule has 0 aliphatic carbocycles. The van der Waals surface area contributed by atoms with E-state index >= 15 is 0 Å². The summed E-state index contributed by atoms with van der Waals surface area (Å²) in [4.78, 5) is 10.7. The number of hydrogen-bond donors (Lipinski definition) is 1. The molecule has 1 heterocycles. The van der Waals surface area contributed by atoms with Crippen molar-refractivity contribution in [1.82, 2.24) is 0 Å². The van der Waals surface area contributed by atoms with Crippen molar-refractivity contribution in [2.75, 3.05) is 0 Å². The van der Waals surface area contributed by atoms with Gasteiger partial charge in [-0.2, -0.15) is 0 Å². The van der Waals surface area contributed by atoms with Gasteiger partial charge in [-0.15, -0.1) is 0 Å². The lowest BCUT2D eigenvalue weighted by molar-refractivity contribution is -0.112. The van der Waals surface area contributed by atoms with Gasteiger partial charge in [-0.05, 0) is 51.2 Å². The number of nitrogens with two attached hydrogens (primary N) is 1. The number of carbonyl (C=O) groups is 1. The minimum absolute atomic E-state index is 0.382. The Bertz CT molecular complexity index is 583. The van der Waals surface area contributed by atoms with Crippen LogP contribution >= 0.6 is 0 Å². The summed E-state index contributed by atoms with van der Waals surface area (Å²) < 4.78 is 11.9. The quantitative estimate of drug-likeness (QED) is 0.607. The first kappa shape index (κ1) is 14.6. The van der Waals surface area contributed by atoms with Crippen LogP contribution in [0.3, 0.4) is 0 Å². The van der Waals surface area contributed by atoms with Crippen LogP contribution < -0.4 is 11.2 Å². The second-order valence-electron chi connectivity index (χ2n) is 5.83. The van der Waals surface area contributed by atoms with E-state index in [1.54, 1.807) is 0 Å². The van der Waals surface area contributed by atoms with Crippen molar-refractivity contribution < 1.29 is 14.1 Å². The monoisotopic (exact) mass is 271 g/mol. The lowest BCUT2D eigenvalue weighted by atomic mass is 9.78. The summed E-state index contributed by atoms with van der Waals surface area (Å²) in [7, 11) is -0.435. The van der Waals surface area contributed by atoms with Crippen LogP contribution in [0.25, 0.3) is 0 Å². The van der Waals surface area contributed by atoms with Gasteiger partial charge in [0.2, 0.25) is 0 Å². The number of benzene rings is 1. The third-order valence-corrected chi connectivity index (χ3v) is 3.74. The summed E-state index contributed by atoms with van der Waals surface area (Å²) >= 11 is 0. The van der Waals surface area contributed by atoms with E-state index in [4.69, 9.17) is 15.0 Å². The third kappa shape index (κ3) is 2.87. The molecule has 104 valence electrons. The summed E-state index contributed by atoms with van der Waals surface area (Å²) in [5.41, 5.74) is 5.82. The Morgan fingerprint density at radius 3 is 2.35 bits per heavy atom. The van der Waals surface area contributed by atoms with Crippen LogP contribution in [0.5, 0.6) is 0 Å². The molecule has 1 aromatic carbocycles. The number of carbonyl (C=O) groups excluding carboxylic acids is 1. The predicted molar refractivity (Wildman–Crippen MR) is 78.2 cm³/mol. The topological polar surface area (TPSA) is 61.5 Å². The standard InChI is InChI=1S/C15H18BNO3/c1-14(2)15(3,4)20-16(19-14)12-7-5-6-11(10-12)8-9-13(17)18/h5-7,10H,1-4H3,(H2,17,18). The molecular formula is C15H18BNO3. The molecule has 4 nitrogen and oxygen atoms in total. The first-order valence-corrected chi connectivity index (χ1v) is 6.48. The average molecular weight is 271 g/mol. The van der Waals surface area contributed by atoms with Gasteiger partial charge in [-0.25, -0.2) is 0 Å². The molecule has 0 unspecified atom stereocenters. The first-order valence-electron chi connectivity index (χ1n) is 6.48. The molecular weight excluding hydrogens is 253 g/mol. The molecule has 1 saturated heterocycles. The number of rotatable bonds is 1. The van der Waals surface area contributed by atoms with Crippen LogP contribution in [-0.4, -0.2) is 24.2 Å². The van der Waals surface area contributed by atoms with E-state index in [9.17, 15) is 4.79 Å². The largest absolute Gasteiger partial charge is 0.494 e. The molecule has 0 spiro atoms. The average Bonchev–Trinajstić information content (AvgIpc) is 2.56. The second-order valence-corrected chi connectivity index (χ2v) is 5.83. The molecule has 20 heavy (non-hydrogen) atoms. The zero-order valence-corrected chi connectivity index (χ0v) is 12.2. The summed E-state index contributed by atoms with van der Waals surface area (Å²) in [5.74, 6) is 4.39. The fraction of sp³-hybridized carbons (Fsp3) is 0.400. The Hall–Kier alpha value is -1.77. The van der Waals surface area contributed by atoms with E-state index in [1.807, 2.05) is 52.0 Å². The van der Waals surface area contributed by atoms with Crippen molar-refractivity contribution in [3.63, 3.8) is 0 Å². The van der Waals surface area contributed by atoms with Gasteiger partial charge in [-0.1, -0.05) is 18.1 Å². The van der Waals surface area contributed by atoms with E-state index in [-0.39, 0.29) is 11.2 Å². The minimum Gasteiger partial charge on any atom is -0.399 e. The van der Waals surface area contributed by atoms with Crippen LogP contribution in [0, 0.1) is 11.8 Å². The van der Waals surface area contributed by atoms with Crippen LogP contribution in [0.2, 0.25) is 0 Å². The molecule has 1 aliphatic rings. The Labute approximate surface area is 119 Å². The zero-order chi connectivity index (χ0) is 15.0. The smallest absolute Gasteiger partial charge is 0.399 e. The molecule has 0 aromatic heterocycles. The zero-order valence-electron chi connectivity index (χ0n) is 12.2. The van der Waals surface area contributed by atoms with Crippen LogP contribution in [-0.2, 0) is 14.1 Å². The Balaban J connectivity index is 2.26. The summed E-state index contributed by atoms with van der Waals surface area (Å²) in [6.07, 6.45) is 0. The summed E-state index contributed by atoms with van der Waals surface area (Å²) in [6, 6.07) is 7.42. The van der Waals surface area contributed by atoms with Crippen LogP contribution in [0.1, 0.15) is 33.3 Å². The predicted octanol–water partition coefficient (Wildman–Crippen LogP) is 0.823. The van der Waals surface area contributed by atoms with Gasteiger partial charge in [0.25, 0.3) is 5.91 Å². The van der Waals surface area contributed by atoms with Crippen molar-refractivity contribution in [3.05, 3.63) is 29.8 Å². The number of amides is 1. The summed E-state index contributed by atoms with van der Waals surface area (Å²) in [5, 5.41) is 0. The van der Waals surface area contributed by atoms with E-state index in [0.29, 0.717) is 5.56 Å². The van der Waals surface area contributed by atoms with Crippen LogP contribution in [0.4, 0.5) is 0 Å². The lowest BCUT2D eigenvalue weighted by Gasteiger charge is -2.32. The third-order valence-electron chi connectivity index (χ3n) is 3.74. The van der Waals surface area contributed by atoms with Crippen molar-refractivity contribution >= 4 is 18.5 Å². The number of hydrogen-bond acceptors (Lipinski definition) is 3. The van der Waals surface area contributed by atoms with E-state index < -0.39 is 13.0 Å². The van der Waals surface area contributed by atoms with E-state index in [0.717, 1.165) is 5.46 Å². The van der Waals surface area contributed by atoms with Crippen molar-refractivity contribution in [2.24, 2.45) is 5.73 Å². The molecule has 0 atom stereocenters. The highest BCUT2D eigenvalue weighted by molar-refractivity contribution is 6.62. The van der Waals surface area contributed by atoms with Gasteiger partial charge in [0.1, 0.15) is 0 Å². The molecule has 0 bridgehead atoms. The SMILES string of the molecule is CC1(C)OB(c2cccc(C#CC(N)=O)c2)OC1(C)C. The maximum absolute atomic E-state index is 10.7. The molecule has 2 rings (SSSR count). The summed E-state index contributed by atoms with van der Waals surface area (Å²) in [6.45, 7) is 8.01. The fourth-order valence-corrected chi connectivity index (χ4v) is 1.88. The van der Waals surface area contributed by atoms with Crippen LogP contribution in [0.15, 0.2) is 24.3 Å². The molecule has 2 N–H and O–H groups in total. The normalized spacial score (nSPS) is 19.3. The highest BCUT2D eigenvalue weighted by Crippen LogP contribution is 2.36. The minimum atomic E-state index is -0.647. The number of primary amides is 1. The maximum atomic E-state index is 10.7. The Morgan fingerprint density at radius 2 is 1.80 bits per heavy atom. The molecule has 5 heteroatoms. The molecule has 1 fully saturated rings. The Morgan fingerprint density at radius 1 is 1.20 bits per heavy atom. The molecule has 1 amide bonds. The fourth-order valence-electron chi connectivity index (χ4n) is 1.88. The van der Waals surface area contributed by atoms with Gasteiger partial charge in [0.05, 0.1) is 11.2 Å². The van der Waals surface area contributed by atoms with Gasteiger partial charge >= 0.3 is 7.12 Å². The van der Waals surface area contributed by atoms with E-state index in [1.165, 1.54) is 0 Å². The highest BCUT2D eigenvalue weighted by atomic mass is 16.7. The van der Waals surface area contributed by atoms with Crippen molar-refractivity contribution in [3.8, 4) is 11.8 Å². The highest BCUT2D eigenvalue weighted by Gasteiger charge is 2.51. The molecule has 0 radical (unpaired) electrons. The lowest BCUT2D eigenvalue weighted by Crippen LogP contribution is -2.41. The van der Waals surface area contributed by atoms with E-state index in [2.05, 4.69) is 11.8 Å².